The quantitative estimate of drug-likeness (QED) is 0.623. The number of rotatable bonds is 4. The van der Waals surface area contributed by atoms with E-state index < -0.39 is 0 Å². The third-order valence-electron chi connectivity index (χ3n) is 2.91. The minimum absolute atomic E-state index is 0.00982. The lowest BCUT2D eigenvalue weighted by Crippen LogP contribution is -2.28. The molecule has 1 aromatic carbocycles. The monoisotopic (exact) mass is 248 g/mol. The average Bonchev–Trinajstić information content (AvgIpc) is 2.80. The number of oxime groups is 1. The van der Waals surface area contributed by atoms with Gasteiger partial charge in [0, 0.05) is 17.7 Å². The lowest BCUT2D eigenvalue weighted by atomic mass is 10.1. The summed E-state index contributed by atoms with van der Waals surface area (Å²) >= 11 is 0. The van der Waals surface area contributed by atoms with Crippen molar-refractivity contribution >= 4 is 11.6 Å². The molecular weight excluding hydrogens is 232 g/mol. The van der Waals surface area contributed by atoms with Gasteiger partial charge in [-0.1, -0.05) is 17.3 Å². The van der Waals surface area contributed by atoms with Crippen LogP contribution in [0.3, 0.4) is 0 Å². The molecule has 1 amide bonds. The molecule has 0 heterocycles. The summed E-state index contributed by atoms with van der Waals surface area (Å²) in [7, 11) is 0. The Morgan fingerprint density at radius 3 is 3.06 bits per heavy atom. The van der Waals surface area contributed by atoms with Crippen molar-refractivity contribution in [3.8, 4) is 5.75 Å². The van der Waals surface area contributed by atoms with Crippen molar-refractivity contribution in [1.82, 2.24) is 5.32 Å². The number of ether oxygens (including phenoxy) is 1. The van der Waals surface area contributed by atoms with Crippen LogP contribution < -0.4 is 10.1 Å². The van der Waals surface area contributed by atoms with E-state index in [1.165, 1.54) is 0 Å². The van der Waals surface area contributed by atoms with Gasteiger partial charge in [-0.15, -0.1) is 0 Å². The van der Waals surface area contributed by atoms with Crippen LogP contribution in [-0.4, -0.2) is 30.0 Å². The van der Waals surface area contributed by atoms with Crippen molar-refractivity contribution in [2.45, 2.75) is 19.8 Å². The van der Waals surface area contributed by atoms with Crippen LogP contribution >= 0.6 is 0 Å². The Labute approximate surface area is 105 Å². The number of carbonyl (C=O) groups is 1. The fourth-order valence-electron chi connectivity index (χ4n) is 2.10. The van der Waals surface area contributed by atoms with Crippen LogP contribution in [0.4, 0.5) is 0 Å². The summed E-state index contributed by atoms with van der Waals surface area (Å²) in [6.07, 6.45) is 1.48. The fraction of sp³-hybridized carbons (Fsp3) is 0.385. The highest BCUT2D eigenvalue weighted by Crippen LogP contribution is 2.30. The zero-order chi connectivity index (χ0) is 13.0. The lowest BCUT2D eigenvalue weighted by Gasteiger charge is -2.10. The summed E-state index contributed by atoms with van der Waals surface area (Å²) in [6, 6.07) is 5.57. The minimum atomic E-state index is -0.135. The molecule has 0 aromatic heterocycles. The average molecular weight is 248 g/mol. The van der Waals surface area contributed by atoms with Gasteiger partial charge in [0.15, 0.2) is 6.61 Å². The lowest BCUT2D eigenvalue weighted by molar-refractivity contribution is -0.122. The van der Waals surface area contributed by atoms with E-state index in [1.807, 2.05) is 25.1 Å². The van der Waals surface area contributed by atoms with Gasteiger partial charge in [0.1, 0.15) is 5.75 Å². The summed E-state index contributed by atoms with van der Waals surface area (Å²) in [5.74, 6) is 0.557. The second-order valence-electron chi connectivity index (χ2n) is 4.07. The van der Waals surface area contributed by atoms with Crippen LogP contribution in [0.5, 0.6) is 5.75 Å². The molecule has 18 heavy (non-hydrogen) atoms. The van der Waals surface area contributed by atoms with Gasteiger partial charge in [-0.05, 0) is 25.8 Å². The summed E-state index contributed by atoms with van der Waals surface area (Å²) in [5, 5.41) is 14.8. The Bertz CT molecular complexity index is 483. The Kier molecular flexibility index (Phi) is 3.82. The SMILES string of the molecule is CCNC(=O)COc1cccc2c1CCC2=NO. The number of benzene rings is 1. The summed E-state index contributed by atoms with van der Waals surface area (Å²) < 4.78 is 5.51. The molecule has 1 aliphatic carbocycles. The van der Waals surface area contributed by atoms with Gasteiger partial charge in [-0.3, -0.25) is 4.79 Å². The van der Waals surface area contributed by atoms with E-state index in [9.17, 15) is 4.79 Å². The van der Waals surface area contributed by atoms with Gasteiger partial charge in [0.2, 0.25) is 0 Å². The van der Waals surface area contributed by atoms with Crippen LogP contribution in [0.15, 0.2) is 23.4 Å². The van der Waals surface area contributed by atoms with Gasteiger partial charge < -0.3 is 15.3 Å². The molecule has 0 fully saturated rings. The first-order chi connectivity index (χ1) is 8.76. The molecule has 0 saturated heterocycles. The third kappa shape index (κ3) is 2.45. The van der Waals surface area contributed by atoms with Crippen LogP contribution in [0.2, 0.25) is 0 Å². The van der Waals surface area contributed by atoms with E-state index in [1.54, 1.807) is 0 Å². The van der Waals surface area contributed by atoms with E-state index in [0.29, 0.717) is 24.4 Å². The molecule has 5 nitrogen and oxygen atoms in total. The Morgan fingerprint density at radius 1 is 1.50 bits per heavy atom. The minimum Gasteiger partial charge on any atom is -0.483 e. The number of nitrogens with zero attached hydrogens (tertiary/aromatic N) is 1. The molecule has 5 heteroatoms. The van der Waals surface area contributed by atoms with E-state index in [2.05, 4.69) is 10.5 Å². The molecule has 0 bridgehead atoms. The highest BCUT2D eigenvalue weighted by atomic mass is 16.5. The zero-order valence-corrected chi connectivity index (χ0v) is 10.3. The second kappa shape index (κ2) is 5.53. The Balaban J connectivity index is 2.11. The van der Waals surface area contributed by atoms with Crippen molar-refractivity contribution < 1.29 is 14.7 Å². The van der Waals surface area contributed by atoms with Gasteiger partial charge in [0.05, 0.1) is 5.71 Å². The number of nitrogens with one attached hydrogen (secondary N) is 1. The Hall–Kier alpha value is -2.04. The van der Waals surface area contributed by atoms with E-state index in [4.69, 9.17) is 9.94 Å². The van der Waals surface area contributed by atoms with Crippen molar-refractivity contribution in [3.05, 3.63) is 29.3 Å². The van der Waals surface area contributed by atoms with Gasteiger partial charge in [0.25, 0.3) is 5.91 Å². The Morgan fingerprint density at radius 2 is 2.33 bits per heavy atom. The first-order valence-electron chi connectivity index (χ1n) is 5.99. The summed E-state index contributed by atoms with van der Waals surface area (Å²) in [6.45, 7) is 2.47. The molecule has 0 unspecified atom stereocenters. The van der Waals surface area contributed by atoms with E-state index in [0.717, 1.165) is 17.5 Å². The molecule has 2 rings (SSSR count). The predicted molar refractivity (Wildman–Crippen MR) is 67.3 cm³/mol. The maximum absolute atomic E-state index is 11.3. The fourth-order valence-corrected chi connectivity index (χ4v) is 2.10. The number of amides is 1. The molecule has 0 aliphatic heterocycles. The molecule has 0 atom stereocenters. The molecule has 1 aromatic rings. The number of fused-ring (bicyclic) bond motifs is 1. The molecule has 96 valence electrons. The maximum Gasteiger partial charge on any atom is 0.257 e. The number of hydrogen-bond donors (Lipinski definition) is 2. The standard InChI is InChI=1S/C13H16N2O3/c1-2-14-13(16)8-18-12-5-3-4-9-10(12)6-7-11(9)15-17/h3-5,17H,2,6-8H2,1H3,(H,14,16). The highest BCUT2D eigenvalue weighted by Gasteiger charge is 2.21. The van der Waals surface area contributed by atoms with Crippen molar-refractivity contribution in [2.24, 2.45) is 5.16 Å². The predicted octanol–water partition coefficient (Wildman–Crippen LogP) is 1.33. The first kappa shape index (κ1) is 12.4. The van der Waals surface area contributed by atoms with Crippen molar-refractivity contribution in [2.75, 3.05) is 13.2 Å². The van der Waals surface area contributed by atoms with Gasteiger partial charge >= 0.3 is 0 Å². The molecule has 0 spiro atoms. The molecule has 0 saturated carbocycles. The number of hydrogen-bond acceptors (Lipinski definition) is 4. The normalized spacial score (nSPS) is 15.5. The van der Waals surface area contributed by atoms with E-state index >= 15 is 0 Å². The van der Waals surface area contributed by atoms with Crippen molar-refractivity contribution in [3.63, 3.8) is 0 Å². The topological polar surface area (TPSA) is 70.9 Å². The number of carbonyl (C=O) groups excluding carboxylic acids is 1. The van der Waals surface area contributed by atoms with Crippen LogP contribution in [0, 0.1) is 0 Å². The van der Waals surface area contributed by atoms with Gasteiger partial charge in [-0.25, -0.2) is 0 Å². The van der Waals surface area contributed by atoms with Crippen molar-refractivity contribution in [1.29, 1.82) is 0 Å². The molecule has 0 radical (unpaired) electrons. The second-order valence-corrected chi connectivity index (χ2v) is 4.07. The largest absolute Gasteiger partial charge is 0.483 e. The zero-order valence-electron chi connectivity index (χ0n) is 10.3. The molecule has 1 aliphatic rings. The molecular formula is C13H16N2O3. The third-order valence-corrected chi connectivity index (χ3v) is 2.91. The highest BCUT2D eigenvalue weighted by molar-refractivity contribution is 6.04. The number of likely N-dealkylation sites (N-methyl/N-ethyl adjacent to an activating group) is 1. The first-order valence-corrected chi connectivity index (χ1v) is 5.99. The molecule has 2 N–H and O–H groups in total. The van der Waals surface area contributed by atoms with Gasteiger partial charge in [-0.2, -0.15) is 0 Å². The smallest absolute Gasteiger partial charge is 0.257 e. The summed E-state index contributed by atoms with van der Waals surface area (Å²) in [5.41, 5.74) is 2.59. The van der Waals surface area contributed by atoms with Crippen LogP contribution in [-0.2, 0) is 11.2 Å². The maximum atomic E-state index is 11.3. The summed E-state index contributed by atoms with van der Waals surface area (Å²) in [4.78, 5) is 11.3. The van der Waals surface area contributed by atoms with E-state index in [-0.39, 0.29) is 12.5 Å². The van der Waals surface area contributed by atoms with Crippen LogP contribution in [0.1, 0.15) is 24.5 Å². The van der Waals surface area contributed by atoms with Crippen LogP contribution in [0.25, 0.3) is 0 Å².